The number of thiazole rings is 1. The maximum Gasteiger partial charge on any atom is 0.242 e. The molecule has 2 rings (SSSR count). The van der Waals surface area contributed by atoms with Crippen molar-refractivity contribution >= 4 is 43.0 Å². The minimum atomic E-state index is -3.89. The summed E-state index contributed by atoms with van der Waals surface area (Å²) in [4.78, 5) is 4.00. The normalized spacial score (nSPS) is 12.6. The minimum Gasteiger partial charge on any atom is -0.396 e. The van der Waals surface area contributed by atoms with Crippen LogP contribution in [-0.2, 0) is 15.6 Å². The highest BCUT2D eigenvalue weighted by Crippen LogP contribution is 2.30. The molecule has 3 N–H and O–H groups in total. The van der Waals surface area contributed by atoms with Crippen molar-refractivity contribution in [2.24, 2.45) is 0 Å². The van der Waals surface area contributed by atoms with Gasteiger partial charge in [0, 0.05) is 16.0 Å². The molecule has 0 bridgehead atoms. The molecular weight excluding hydrogens is 381 g/mol. The van der Waals surface area contributed by atoms with Crippen LogP contribution in [0.2, 0.25) is 0 Å². The Bertz CT molecular complexity index is 761. The van der Waals surface area contributed by atoms with E-state index in [-0.39, 0.29) is 15.1 Å². The number of nitrogen functional groups attached to an aromatic ring is 1. The predicted molar refractivity (Wildman–Crippen MR) is 84.0 cm³/mol. The molecule has 0 atom stereocenters. The molecule has 0 unspecified atom stereocenters. The Kier molecular flexibility index (Phi) is 4.39. The largest absolute Gasteiger partial charge is 0.396 e. The van der Waals surface area contributed by atoms with Crippen LogP contribution in [0.25, 0.3) is 0 Å². The molecule has 1 aromatic carbocycles. The van der Waals surface area contributed by atoms with E-state index in [1.54, 1.807) is 25.4 Å². The van der Waals surface area contributed by atoms with E-state index in [0.29, 0.717) is 5.01 Å². The molecule has 0 aliphatic rings. The van der Waals surface area contributed by atoms with Gasteiger partial charge in [-0.25, -0.2) is 17.8 Å². The highest BCUT2D eigenvalue weighted by atomic mass is 79.9. The molecule has 0 fully saturated rings. The highest BCUT2D eigenvalue weighted by molar-refractivity contribution is 9.10. The lowest BCUT2D eigenvalue weighted by atomic mass is 10.1. The summed E-state index contributed by atoms with van der Waals surface area (Å²) in [6, 6.07) is 2.11. The number of nitrogens with zero attached hydrogens (tertiary/aromatic N) is 1. The fraction of sp³-hybridized carbons (Fsp3) is 0.250. The van der Waals surface area contributed by atoms with Crippen LogP contribution in [-0.4, -0.2) is 13.4 Å². The number of rotatable bonds is 4. The van der Waals surface area contributed by atoms with Gasteiger partial charge in [0.25, 0.3) is 0 Å². The number of hydrogen-bond acceptors (Lipinski definition) is 5. The van der Waals surface area contributed by atoms with Crippen LogP contribution < -0.4 is 10.5 Å². The maximum atomic E-state index is 13.3. The number of aromatic nitrogens is 1. The van der Waals surface area contributed by atoms with Crippen LogP contribution in [0.4, 0.5) is 10.1 Å². The number of nitrogens with two attached hydrogens (primary N) is 1. The Labute approximate surface area is 134 Å². The van der Waals surface area contributed by atoms with Crippen LogP contribution >= 0.6 is 27.3 Å². The molecule has 1 aromatic heterocycles. The summed E-state index contributed by atoms with van der Waals surface area (Å²) >= 11 is 4.39. The Balaban J connectivity index is 2.42. The fourth-order valence-corrected chi connectivity index (χ4v) is 4.93. The van der Waals surface area contributed by atoms with Gasteiger partial charge in [0.05, 0.1) is 16.1 Å². The predicted octanol–water partition coefficient (Wildman–Crippen LogP) is 2.84. The molecule has 0 aliphatic heterocycles. The second-order valence-corrected chi connectivity index (χ2v) is 8.27. The third kappa shape index (κ3) is 3.42. The van der Waals surface area contributed by atoms with Crippen molar-refractivity contribution in [3.8, 4) is 0 Å². The van der Waals surface area contributed by atoms with E-state index in [1.165, 1.54) is 11.3 Å². The molecule has 0 saturated carbocycles. The topological polar surface area (TPSA) is 85.1 Å². The SMILES string of the molecule is CC(C)(NS(=O)(=O)c1cc(N)c(F)cc1Br)c1nccs1. The first kappa shape index (κ1) is 16.3. The van der Waals surface area contributed by atoms with E-state index >= 15 is 0 Å². The van der Waals surface area contributed by atoms with Crippen LogP contribution in [0.5, 0.6) is 0 Å². The summed E-state index contributed by atoms with van der Waals surface area (Å²) in [5.41, 5.74) is 4.32. The minimum absolute atomic E-state index is 0.108. The highest BCUT2D eigenvalue weighted by Gasteiger charge is 2.31. The summed E-state index contributed by atoms with van der Waals surface area (Å²) in [7, 11) is -3.89. The van der Waals surface area contributed by atoms with E-state index in [1.807, 2.05) is 0 Å². The third-order valence-electron chi connectivity index (χ3n) is 2.70. The van der Waals surface area contributed by atoms with E-state index in [2.05, 4.69) is 25.6 Å². The van der Waals surface area contributed by atoms with Crippen LogP contribution in [0.3, 0.4) is 0 Å². The first-order valence-corrected chi connectivity index (χ1v) is 8.97. The van der Waals surface area contributed by atoms with E-state index in [9.17, 15) is 12.8 Å². The molecule has 5 nitrogen and oxygen atoms in total. The quantitative estimate of drug-likeness (QED) is 0.781. The zero-order chi connectivity index (χ0) is 15.8. The van der Waals surface area contributed by atoms with Crippen molar-refractivity contribution < 1.29 is 12.8 Å². The van der Waals surface area contributed by atoms with E-state index in [4.69, 9.17) is 5.73 Å². The molecule has 21 heavy (non-hydrogen) atoms. The summed E-state index contributed by atoms with van der Waals surface area (Å²) in [6.45, 7) is 3.40. The van der Waals surface area contributed by atoms with Crippen LogP contribution in [0.1, 0.15) is 18.9 Å². The molecule has 114 valence electrons. The van der Waals surface area contributed by atoms with E-state index < -0.39 is 21.4 Å². The lowest BCUT2D eigenvalue weighted by Crippen LogP contribution is -2.41. The van der Waals surface area contributed by atoms with Gasteiger partial charge in [-0.05, 0) is 41.9 Å². The molecule has 1 heterocycles. The summed E-state index contributed by atoms with van der Waals surface area (Å²) in [5.74, 6) is -0.681. The Morgan fingerprint density at radius 1 is 1.43 bits per heavy atom. The Morgan fingerprint density at radius 2 is 2.10 bits per heavy atom. The third-order valence-corrected chi connectivity index (χ3v) is 6.41. The average Bonchev–Trinajstić information content (AvgIpc) is 2.86. The van der Waals surface area contributed by atoms with Gasteiger partial charge in [0.1, 0.15) is 10.8 Å². The molecule has 9 heteroatoms. The smallest absolute Gasteiger partial charge is 0.242 e. The van der Waals surface area contributed by atoms with Crippen molar-refractivity contribution in [2.45, 2.75) is 24.3 Å². The number of hydrogen-bond donors (Lipinski definition) is 2. The molecule has 0 saturated heterocycles. The monoisotopic (exact) mass is 393 g/mol. The molecule has 2 aromatic rings. The van der Waals surface area contributed by atoms with Gasteiger partial charge in [0.15, 0.2) is 0 Å². The van der Waals surface area contributed by atoms with Crippen molar-refractivity contribution in [3.05, 3.63) is 39.0 Å². The van der Waals surface area contributed by atoms with Gasteiger partial charge in [-0.2, -0.15) is 4.72 Å². The van der Waals surface area contributed by atoms with Gasteiger partial charge in [0.2, 0.25) is 10.0 Å². The second-order valence-electron chi connectivity index (χ2n) is 4.87. The van der Waals surface area contributed by atoms with Crippen LogP contribution in [0, 0.1) is 5.82 Å². The van der Waals surface area contributed by atoms with Gasteiger partial charge < -0.3 is 5.73 Å². The van der Waals surface area contributed by atoms with Crippen molar-refractivity contribution in [2.75, 3.05) is 5.73 Å². The van der Waals surface area contributed by atoms with Crippen molar-refractivity contribution in [1.29, 1.82) is 0 Å². The molecular formula is C12H13BrFN3O2S2. The lowest BCUT2D eigenvalue weighted by Gasteiger charge is -2.24. The lowest BCUT2D eigenvalue weighted by molar-refractivity contribution is 0.469. The summed E-state index contributed by atoms with van der Waals surface area (Å²) in [5, 5.41) is 2.38. The zero-order valence-corrected chi connectivity index (χ0v) is 14.4. The maximum absolute atomic E-state index is 13.3. The standard InChI is InChI=1S/C12H13BrFN3O2S2/c1-12(2,11-16-3-4-20-11)17-21(18,19)10-6-9(15)8(14)5-7(10)13/h3-6,17H,15H2,1-2H3. The number of benzene rings is 1. The second kappa shape index (κ2) is 5.64. The Hall–Kier alpha value is -1.03. The van der Waals surface area contributed by atoms with Crippen LogP contribution in [0.15, 0.2) is 33.1 Å². The molecule has 0 radical (unpaired) electrons. The Morgan fingerprint density at radius 3 is 2.67 bits per heavy atom. The molecule has 0 amide bonds. The number of halogens is 2. The number of nitrogens with one attached hydrogen (secondary N) is 1. The summed E-state index contributed by atoms with van der Waals surface area (Å²) < 4.78 is 41.0. The number of sulfonamides is 1. The first-order valence-electron chi connectivity index (χ1n) is 5.82. The van der Waals surface area contributed by atoms with Gasteiger partial charge >= 0.3 is 0 Å². The summed E-state index contributed by atoms with van der Waals surface area (Å²) in [6.07, 6.45) is 1.60. The van der Waals surface area contributed by atoms with E-state index in [0.717, 1.165) is 12.1 Å². The van der Waals surface area contributed by atoms with Gasteiger partial charge in [-0.3, -0.25) is 0 Å². The van der Waals surface area contributed by atoms with Crippen molar-refractivity contribution in [3.63, 3.8) is 0 Å². The molecule has 0 spiro atoms. The zero-order valence-electron chi connectivity index (χ0n) is 11.2. The van der Waals surface area contributed by atoms with Gasteiger partial charge in [-0.15, -0.1) is 11.3 Å². The first-order chi connectivity index (χ1) is 9.63. The van der Waals surface area contributed by atoms with Gasteiger partial charge in [-0.1, -0.05) is 0 Å². The van der Waals surface area contributed by atoms with Crippen molar-refractivity contribution in [1.82, 2.24) is 9.71 Å². The number of anilines is 1. The average molecular weight is 394 g/mol. The fourth-order valence-electron chi connectivity index (χ4n) is 1.72. The molecule has 0 aliphatic carbocycles.